The number of aliphatic hydroxyl groups excluding tert-OH is 1. The van der Waals surface area contributed by atoms with Gasteiger partial charge in [-0.1, -0.05) is 6.07 Å². The summed E-state index contributed by atoms with van der Waals surface area (Å²) in [5, 5.41) is 11.2. The fourth-order valence-corrected chi connectivity index (χ4v) is 2.90. The van der Waals surface area contributed by atoms with Crippen LogP contribution < -0.4 is 9.47 Å². The number of ether oxygens (including phenoxy) is 2. The topological polar surface area (TPSA) is 59.0 Å². The van der Waals surface area contributed by atoms with Gasteiger partial charge in [0.2, 0.25) is 6.79 Å². The zero-order valence-corrected chi connectivity index (χ0v) is 12.1. The van der Waals surface area contributed by atoms with E-state index in [2.05, 4.69) is 0 Å². The molecule has 2 aromatic rings. The number of carbonyl (C=O) groups is 1. The second kappa shape index (κ2) is 6.15. The largest absolute Gasteiger partial charge is 0.454 e. The quantitative estimate of drug-likeness (QED) is 0.919. The SMILES string of the molecule is O=C(c1ccc2c(c1)OCO2)N(CCO)Cc1cccs1. The molecule has 0 spiro atoms. The van der Waals surface area contributed by atoms with E-state index in [0.29, 0.717) is 30.2 Å². The lowest BCUT2D eigenvalue weighted by Gasteiger charge is -2.21. The summed E-state index contributed by atoms with van der Waals surface area (Å²) in [4.78, 5) is 15.3. The lowest BCUT2D eigenvalue weighted by Crippen LogP contribution is -2.32. The summed E-state index contributed by atoms with van der Waals surface area (Å²) in [5.74, 6) is 1.11. The molecule has 1 aliphatic heterocycles. The Bertz CT molecular complexity index is 627. The van der Waals surface area contributed by atoms with Crippen LogP contribution in [0, 0.1) is 0 Å². The number of benzene rings is 1. The average Bonchev–Trinajstić information content (AvgIpc) is 3.16. The van der Waals surface area contributed by atoms with E-state index >= 15 is 0 Å². The van der Waals surface area contributed by atoms with Crippen molar-refractivity contribution in [2.45, 2.75) is 6.54 Å². The Morgan fingerprint density at radius 3 is 2.90 bits per heavy atom. The van der Waals surface area contributed by atoms with Crippen LogP contribution in [0.4, 0.5) is 0 Å². The minimum Gasteiger partial charge on any atom is -0.454 e. The molecule has 1 aliphatic rings. The van der Waals surface area contributed by atoms with Crippen LogP contribution in [0.3, 0.4) is 0 Å². The lowest BCUT2D eigenvalue weighted by atomic mass is 10.1. The number of hydrogen-bond donors (Lipinski definition) is 1. The standard InChI is InChI=1S/C15H15NO4S/c17-6-5-16(9-12-2-1-7-21-12)15(18)11-3-4-13-14(8-11)20-10-19-13/h1-4,7-8,17H,5-6,9-10H2. The van der Waals surface area contributed by atoms with Crippen LogP contribution in [0.1, 0.15) is 15.2 Å². The Hall–Kier alpha value is -2.05. The monoisotopic (exact) mass is 305 g/mol. The number of nitrogens with zero attached hydrogens (tertiary/aromatic N) is 1. The first-order valence-electron chi connectivity index (χ1n) is 6.60. The number of carbonyl (C=O) groups excluding carboxylic acids is 1. The first kappa shape index (κ1) is 13.9. The van der Waals surface area contributed by atoms with Crippen molar-refractivity contribution in [3.63, 3.8) is 0 Å². The van der Waals surface area contributed by atoms with Gasteiger partial charge >= 0.3 is 0 Å². The summed E-state index contributed by atoms with van der Waals surface area (Å²) < 4.78 is 10.5. The Labute approximate surface area is 126 Å². The predicted molar refractivity (Wildman–Crippen MR) is 78.7 cm³/mol. The van der Waals surface area contributed by atoms with Gasteiger partial charge < -0.3 is 19.5 Å². The molecule has 3 rings (SSSR count). The van der Waals surface area contributed by atoms with Crippen molar-refractivity contribution in [3.05, 3.63) is 46.2 Å². The maximum Gasteiger partial charge on any atom is 0.254 e. The zero-order valence-electron chi connectivity index (χ0n) is 11.3. The van der Waals surface area contributed by atoms with Gasteiger partial charge in [-0.15, -0.1) is 11.3 Å². The normalized spacial score (nSPS) is 12.4. The van der Waals surface area contributed by atoms with E-state index in [-0.39, 0.29) is 19.3 Å². The van der Waals surface area contributed by atoms with E-state index in [1.807, 2.05) is 17.5 Å². The molecule has 0 aliphatic carbocycles. The number of thiophene rings is 1. The van der Waals surface area contributed by atoms with Crippen molar-refractivity contribution in [1.82, 2.24) is 4.90 Å². The molecule has 21 heavy (non-hydrogen) atoms. The number of aliphatic hydroxyl groups is 1. The smallest absolute Gasteiger partial charge is 0.254 e. The van der Waals surface area contributed by atoms with E-state index in [4.69, 9.17) is 9.47 Å². The van der Waals surface area contributed by atoms with Crippen LogP contribution in [-0.4, -0.2) is 35.9 Å². The third-order valence-corrected chi connectivity index (χ3v) is 4.06. The maximum absolute atomic E-state index is 12.6. The number of rotatable bonds is 5. The minimum absolute atomic E-state index is 0.0678. The highest BCUT2D eigenvalue weighted by Gasteiger charge is 2.20. The van der Waals surface area contributed by atoms with E-state index in [1.54, 1.807) is 34.4 Å². The third kappa shape index (κ3) is 3.01. The van der Waals surface area contributed by atoms with E-state index in [1.165, 1.54) is 0 Å². The molecule has 5 nitrogen and oxygen atoms in total. The molecule has 110 valence electrons. The van der Waals surface area contributed by atoms with Gasteiger partial charge in [0.15, 0.2) is 11.5 Å². The van der Waals surface area contributed by atoms with Crippen LogP contribution in [0.2, 0.25) is 0 Å². The summed E-state index contributed by atoms with van der Waals surface area (Å²) in [6, 6.07) is 9.06. The van der Waals surface area contributed by atoms with Crippen molar-refractivity contribution in [3.8, 4) is 11.5 Å². The van der Waals surface area contributed by atoms with Crippen LogP contribution >= 0.6 is 11.3 Å². The molecule has 2 heterocycles. The van der Waals surface area contributed by atoms with E-state index in [0.717, 1.165) is 4.88 Å². The summed E-state index contributed by atoms with van der Waals surface area (Å²) in [7, 11) is 0. The first-order chi connectivity index (χ1) is 10.3. The Balaban J connectivity index is 1.80. The maximum atomic E-state index is 12.6. The number of fused-ring (bicyclic) bond motifs is 1. The molecule has 0 unspecified atom stereocenters. The van der Waals surface area contributed by atoms with Gasteiger partial charge in [-0.25, -0.2) is 0 Å². The Kier molecular flexibility index (Phi) is 4.08. The number of hydrogen-bond acceptors (Lipinski definition) is 5. The van der Waals surface area contributed by atoms with Gasteiger partial charge in [-0.05, 0) is 29.6 Å². The molecule has 0 fully saturated rings. The highest BCUT2D eigenvalue weighted by Crippen LogP contribution is 2.32. The van der Waals surface area contributed by atoms with Crippen LogP contribution in [0.15, 0.2) is 35.7 Å². The van der Waals surface area contributed by atoms with Gasteiger partial charge in [0.1, 0.15) is 0 Å². The molecule has 0 atom stereocenters. The predicted octanol–water partition coefficient (Wildman–Crippen LogP) is 2.11. The van der Waals surface area contributed by atoms with Crippen LogP contribution in [0.5, 0.6) is 11.5 Å². The molecule has 1 aromatic carbocycles. The van der Waals surface area contributed by atoms with Crippen molar-refractivity contribution in [1.29, 1.82) is 0 Å². The molecule has 6 heteroatoms. The minimum atomic E-state index is -0.129. The van der Waals surface area contributed by atoms with Crippen LogP contribution in [-0.2, 0) is 6.54 Å². The lowest BCUT2D eigenvalue weighted by molar-refractivity contribution is 0.0709. The number of amides is 1. The van der Waals surface area contributed by atoms with Crippen molar-refractivity contribution < 1.29 is 19.4 Å². The Morgan fingerprint density at radius 2 is 2.14 bits per heavy atom. The van der Waals surface area contributed by atoms with Gasteiger partial charge in [0, 0.05) is 17.0 Å². The molecule has 1 N–H and O–H groups in total. The van der Waals surface area contributed by atoms with Gasteiger partial charge in [-0.3, -0.25) is 4.79 Å². The fourth-order valence-electron chi connectivity index (χ4n) is 2.18. The van der Waals surface area contributed by atoms with Crippen molar-refractivity contribution in [2.75, 3.05) is 19.9 Å². The Morgan fingerprint density at radius 1 is 1.29 bits per heavy atom. The molecule has 0 radical (unpaired) electrons. The second-order valence-electron chi connectivity index (χ2n) is 4.60. The highest BCUT2D eigenvalue weighted by molar-refractivity contribution is 7.09. The summed E-state index contributed by atoms with van der Waals surface area (Å²) >= 11 is 1.59. The molecule has 0 bridgehead atoms. The van der Waals surface area contributed by atoms with Gasteiger partial charge in [0.25, 0.3) is 5.91 Å². The van der Waals surface area contributed by atoms with Crippen LogP contribution in [0.25, 0.3) is 0 Å². The van der Waals surface area contributed by atoms with E-state index in [9.17, 15) is 9.90 Å². The first-order valence-corrected chi connectivity index (χ1v) is 7.48. The summed E-state index contributed by atoms with van der Waals surface area (Å²) in [6.45, 7) is 0.904. The summed E-state index contributed by atoms with van der Waals surface area (Å²) in [6.07, 6.45) is 0. The molecule has 0 saturated carbocycles. The summed E-state index contributed by atoms with van der Waals surface area (Å²) in [5.41, 5.74) is 0.532. The molecule has 0 saturated heterocycles. The molecular weight excluding hydrogens is 290 g/mol. The van der Waals surface area contributed by atoms with Gasteiger partial charge in [-0.2, -0.15) is 0 Å². The molecule has 1 aromatic heterocycles. The van der Waals surface area contributed by atoms with Crippen molar-refractivity contribution >= 4 is 17.2 Å². The van der Waals surface area contributed by atoms with E-state index < -0.39 is 0 Å². The highest BCUT2D eigenvalue weighted by atomic mass is 32.1. The fraction of sp³-hybridized carbons (Fsp3) is 0.267. The zero-order chi connectivity index (χ0) is 14.7. The van der Waals surface area contributed by atoms with Crippen molar-refractivity contribution in [2.24, 2.45) is 0 Å². The third-order valence-electron chi connectivity index (χ3n) is 3.20. The van der Waals surface area contributed by atoms with Gasteiger partial charge in [0.05, 0.1) is 13.2 Å². The second-order valence-corrected chi connectivity index (χ2v) is 5.63. The average molecular weight is 305 g/mol. The molecular formula is C15H15NO4S. The molecule has 1 amide bonds.